The van der Waals surface area contributed by atoms with Crippen LogP contribution in [0.4, 0.5) is 0 Å². The number of primary amides is 2. The Bertz CT molecular complexity index is 1160. The Hall–Kier alpha value is -3.52. The third-order valence-electron chi connectivity index (χ3n) is 6.42. The van der Waals surface area contributed by atoms with Crippen molar-refractivity contribution in [2.45, 2.75) is 57.4 Å². The van der Waals surface area contributed by atoms with E-state index in [0.717, 1.165) is 28.1 Å². The zero-order chi connectivity index (χ0) is 23.9. The van der Waals surface area contributed by atoms with Crippen molar-refractivity contribution in [3.63, 3.8) is 0 Å². The molecular weight excluding hydrogens is 416 g/mol. The minimum absolute atomic E-state index is 0.165. The number of nitrogens with one attached hydrogen (secondary N) is 1. The molecular formula is C25H30N6O2. The first kappa shape index (κ1) is 22.7. The fourth-order valence-corrected chi connectivity index (χ4v) is 4.91. The van der Waals surface area contributed by atoms with Gasteiger partial charge in [0.05, 0.1) is 5.41 Å². The summed E-state index contributed by atoms with van der Waals surface area (Å²) in [4.78, 5) is 28.7. The van der Waals surface area contributed by atoms with E-state index in [2.05, 4.69) is 24.0 Å². The van der Waals surface area contributed by atoms with Crippen LogP contribution in [0.25, 0.3) is 0 Å². The summed E-state index contributed by atoms with van der Waals surface area (Å²) in [6.45, 7) is 6.06. The monoisotopic (exact) mass is 446 g/mol. The highest BCUT2D eigenvalue weighted by Crippen LogP contribution is 2.47. The number of nitrogens with two attached hydrogens (primary N) is 3. The molecule has 1 atom stereocenters. The topological polar surface area (TPSA) is 154 Å². The van der Waals surface area contributed by atoms with E-state index in [-0.39, 0.29) is 12.0 Å². The zero-order valence-corrected chi connectivity index (χ0v) is 19.2. The summed E-state index contributed by atoms with van der Waals surface area (Å²) in [7, 11) is 0. The van der Waals surface area contributed by atoms with Crippen LogP contribution in [0.3, 0.4) is 0 Å². The smallest absolute Gasteiger partial charge is 0.248 e. The molecule has 172 valence electrons. The fraction of sp³-hybridized carbons (Fsp3) is 0.360. The Balaban J connectivity index is 2.08. The van der Waals surface area contributed by atoms with Crippen LogP contribution in [0.15, 0.2) is 36.4 Å². The zero-order valence-electron chi connectivity index (χ0n) is 19.2. The number of fused-ring (bicyclic) bond motifs is 2. The molecule has 0 bridgehead atoms. The summed E-state index contributed by atoms with van der Waals surface area (Å²) < 4.78 is 0. The summed E-state index contributed by atoms with van der Waals surface area (Å²) in [5.41, 5.74) is 21.7. The number of amides is 2. The van der Waals surface area contributed by atoms with E-state index in [1.165, 1.54) is 0 Å². The number of H-pyrrole nitrogens is 1. The predicted molar refractivity (Wildman–Crippen MR) is 126 cm³/mol. The molecule has 0 saturated heterocycles. The minimum Gasteiger partial charge on any atom is -0.366 e. The average Bonchev–Trinajstić information content (AvgIpc) is 3.22. The second-order valence-electron chi connectivity index (χ2n) is 9.26. The summed E-state index contributed by atoms with van der Waals surface area (Å²) in [6, 6.07) is 10.9. The van der Waals surface area contributed by atoms with Gasteiger partial charge in [0.15, 0.2) is 5.82 Å². The van der Waals surface area contributed by atoms with Crippen molar-refractivity contribution in [2.75, 3.05) is 0 Å². The van der Waals surface area contributed by atoms with E-state index in [1.54, 1.807) is 12.1 Å². The quantitative estimate of drug-likeness (QED) is 0.457. The lowest BCUT2D eigenvalue weighted by atomic mass is 9.68. The average molecular weight is 447 g/mol. The summed E-state index contributed by atoms with van der Waals surface area (Å²) in [6.07, 6.45) is 1.86. The van der Waals surface area contributed by atoms with E-state index in [1.807, 2.05) is 31.2 Å². The van der Waals surface area contributed by atoms with Crippen molar-refractivity contribution < 1.29 is 9.59 Å². The maximum Gasteiger partial charge on any atom is 0.248 e. The highest BCUT2D eigenvalue weighted by atomic mass is 16.1. The Morgan fingerprint density at radius 3 is 1.88 bits per heavy atom. The second kappa shape index (κ2) is 8.44. The van der Waals surface area contributed by atoms with Crippen molar-refractivity contribution in [1.82, 2.24) is 15.2 Å². The molecule has 1 aromatic heterocycles. The molecule has 2 aromatic carbocycles. The Morgan fingerprint density at radius 2 is 1.48 bits per heavy atom. The van der Waals surface area contributed by atoms with Crippen LogP contribution in [-0.4, -0.2) is 33.0 Å². The molecule has 7 N–H and O–H groups in total. The number of hydrogen-bond donors (Lipinski definition) is 4. The Labute approximate surface area is 193 Å². The summed E-state index contributed by atoms with van der Waals surface area (Å²) in [5.74, 6) is 0.606. The van der Waals surface area contributed by atoms with Gasteiger partial charge in [-0.25, -0.2) is 4.98 Å². The molecule has 4 rings (SSSR count). The van der Waals surface area contributed by atoms with E-state index < -0.39 is 17.2 Å². The largest absolute Gasteiger partial charge is 0.366 e. The maximum absolute atomic E-state index is 11.9. The van der Waals surface area contributed by atoms with Gasteiger partial charge in [0.25, 0.3) is 0 Å². The standard InChI is InChI=1S/C25H30N6O2/c1-13(2)23-29-24(31-30-23)25(12-14(3)26)19-8-6-17(21(27)32)10-15(19)4-5-16-11-18(22(28)33)7-9-20(16)25/h6-11,13-14H,4-5,12,26H2,1-3H3,(H2,27,32)(H2,28,33)(H,29,30,31)/t14-/m1/s1. The molecule has 33 heavy (non-hydrogen) atoms. The van der Waals surface area contributed by atoms with Crippen LogP contribution in [-0.2, 0) is 18.3 Å². The molecule has 3 aromatic rings. The SMILES string of the molecule is CC(C)c1nc(C2(C[C@@H](C)N)c3ccc(C(N)=O)cc3CCc3cc(C(N)=O)ccc32)n[nH]1. The molecule has 1 aliphatic carbocycles. The van der Waals surface area contributed by atoms with E-state index >= 15 is 0 Å². The summed E-state index contributed by atoms with van der Waals surface area (Å²) >= 11 is 0. The molecule has 0 aliphatic heterocycles. The molecule has 0 radical (unpaired) electrons. The summed E-state index contributed by atoms with van der Waals surface area (Å²) in [5, 5.41) is 7.76. The number of aromatic amines is 1. The van der Waals surface area contributed by atoms with Gasteiger partial charge in [-0.2, -0.15) is 5.10 Å². The number of benzene rings is 2. The lowest BCUT2D eigenvalue weighted by Crippen LogP contribution is -2.38. The first-order chi connectivity index (χ1) is 15.6. The number of nitrogens with zero attached hydrogens (tertiary/aromatic N) is 2. The lowest BCUT2D eigenvalue weighted by molar-refractivity contribution is 0.0991. The van der Waals surface area contributed by atoms with Gasteiger partial charge >= 0.3 is 0 Å². The predicted octanol–water partition coefficient (Wildman–Crippen LogP) is 2.30. The van der Waals surface area contributed by atoms with Gasteiger partial charge in [0.2, 0.25) is 11.8 Å². The van der Waals surface area contributed by atoms with Crippen LogP contribution < -0.4 is 17.2 Å². The molecule has 1 heterocycles. The number of carbonyl (C=O) groups excluding carboxylic acids is 2. The van der Waals surface area contributed by atoms with E-state index in [0.29, 0.717) is 36.2 Å². The van der Waals surface area contributed by atoms with Gasteiger partial charge < -0.3 is 17.2 Å². The molecule has 8 heteroatoms. The number of rotatable bonds is 6. The number of carbonyl (C=O) groups is 2. The Morgan fingerprint density at radius 1 is 0.970 bits per heavy atom. The molecule has 0 fully saturated rings. The first-order valence-electron chi connectivity index (χ1n) is 11.2. The van der Waals surface area contributed by atoms with Crippen LogP contribution in [0.5, 0.6) is 0 Å². The van der Waals surface area contributed by atoms with Crippen LogP contribution >= 0.6 is 0 Å². The third-order valence-corrected chi connectivity index (χ3v) is 6.42. The van der Waals surface area contributed by atoms with Crippen molar-refractivity contribution in [3.8, 4) is 0 Å². The van der Waals surface area contributed by atoms with Crippen LogP contribution in [0, 0.1) is 0 Å². The van der Waals surface area contributed by atoms with Crippen molar-refractivity contribution >= 4 is 11.8 Å². The fourth-order valence-electron chi connectivity index (χ4n) is 4.91. The molecule has 0 spiro atoms. The first-order valence-corrected chi connectivity index (χ1v) is 11.2. The van der Waals surface area contributed by atoms with Crippen molar-refractivity contribution in [2.24, 2.45) is 17.2 Å². The molecule has 2 amide bonds. The normalized spacial score (nSPS) is 15.4. The molecule has 1 aliphatic rings. The van der Waals surface area contributed by atoms with Crippen LogP contribution in [0.1, 0.15) is 87.7 Å². The number of aryl methyl sites for hydroxylation is 2. The van der Waals surface area contributed by atoms with Gasteiger partial charge in [0.1, 0.15) is 5.82 Å². The lowest BCUT2D eigenvalue weighted by Gasteiger charge is -2.35. The number of aromatic nitrogens is 3. The number of hydrogen-bond acceptors (Lipinski definition) is 5. The highest BCUT2D eigenvalue weighted by Gasteiger charge is 2.45. The van der Waals surface area contributed by atoms with Crippen molar-refractivity contribution in [3.05, 3.63) is 81.4 Å². The van der Waals surface area contributed by atoms with Gasteiger partial charge in [-0.3, -0.25) is 14.7 Å². The molecule has 0 unspecified atom stereocenters. The van der Waals surface area contributed by atoms with E-state index in [9.17, 15) is 9.59 Å². The van der Waals surface area contributed by atoms with Gasteiger partial charge in [0, 0.05) is 23.1 Å². The Kier molecular flexibility index (Phi) is 5.80. The maximum atomic E-state index is 11.9. The van der Waals surface area contributed by atoms with Gasteiger partial charge in [-0.1, -0.05) is 26.0 Å². The van der Waals surface area contributed by atoms with Crippen LogP contribution in [0.2, 0.25) is 0 Å². The van der Waals surface area contributed by atoms with E-state index in [4.69, 9.17) is 22.2 Å². The second-order valence-corrected chi connectivity index (χ2v) is 9.26. The van der Waals surface area contributed by atoms with Gasteiger partial charge in [-0.15, -0.1) is 0 Å². The third kappa shape index (κ3) is 3.91. The van der Waals surface area contributed by atoms with Crippen molar-refractivity contribution in [1.29, 1.82) is 0 Å². The molecule has 8 nitrogen and oxygen atoms in total. The minimum atomic E-state index is -0.772. The highest BCUT2D eigenvalue weighted by molar-refractivity contribution is 5.94. The van der Waals surface area contributed by atoms with Gasteiger partial charge in [-0.05, 0) is 72.7 Å². The molecule has 0 saturated carbocycles.